The largest absolute Gasteiger partial charge is 0.431 e. The summed E-state index contributed by atoms with van der Waals surface area (Å²) >= 11 is 16.8. The van der Waals surface area contributed by atoms with Crippen molar-refractivity contribution in [3.05, 3.63) is 59.6 Å². The van der Waals surface area contributed by atoms with Gasteiger partial charge in [-0.05, 0) is 60.8 Å². The van der Waals surface area contributed by atoms with Gasteiger partial charge in [0.2, 0.25) is 0 Å². The van der Waals surface area contributed by atoms with Crippen molar-refractivity contribution in [3.8, 4) is 5.75 Å². The number of nitrogens with zero attached hydrogens (tertiary/aromatic N) is 2. The van der Waals surface area contributed by atoms with Crippen LogP contribution in [0.5, 0.6) is 5.75 Å². The second-order valence-electron chi connectivity index (χ2n) is 4.67. The van der Waals surface area contributed by atoms with Crippen LogP contribution in [0.15, 0.2) is 54.6 Å². The molecule has 0 radical (unpaired) electrons. The third-order valence-electron chi connectivity index (χ3n) is 2.79. The van der Waals surface area contributed by atoms with E-state index < -0.39 is 0 Å². The summed E-state index contributed by atoms with van der Waals surface area (Å²) in [7, 11) is 3.72. The standard InChI is InChI=1S/C16H15ClN2OS2/c1-18(2)15(21)19(13-10-8-12(17)9-11-13)16(22)20-14-6-4-3-5-7-14/h3-11H,1-2H3. The first-order valence-corrected chi connectivity index (χ1v) is 7.72. The van der Waals surface area contributed by atoms with E-state index in [0.29, 0.717) is 15.9 Å². The molecule has 0 spiro atoms. The maximum Gasteiger partial charge on any atom is 0.275 e. The minimum atomic E-state index is 0.257. The average molecular weight is 351 g/mol. The SMILES string of the molecule is CN(C)C(=S)N(C(=S)Oc1ccccc1)c1ccc(Cl)cc1. The van der Waals surface area contributed by atoms with Gasteiger partial charge in [-0.3, -0.25) is 0 Å². The first-order valence-electron chi connectivity index (χ1n) is 6.53. The first-order chi connectivity index (χ1) is 10.5. The summed E-state index contributed by atoms with van der Waals surface area (Å²) in [6.45, 7) is 0. The van der Waals surface area contributed by atoms with E-state index in [1.807, 2.05) is 56.6 Å². The zero-order valence-electron chi connectivity index (χ0n) is 12.2. The van der Waals surface area contributed by atoms with Gasteiger partial charge < -0.3 is 9.64 Å². The molecule has 22 heavy (non-hydrogen) atoms. The summed E-state index contributed by atoms with van der Waals surface area (Å²) in [5.74, 6) is 0.660. The summed E-state index contributed by atoms with van der Waals surface area (Å²) in [5, 5.41) is 1.44. The predicted molar refractivity (Wildman–Crippen MR) is 99.9 cm³/mol. The molecule has 0 saturated carbocycles. The summed E-state index contributed by atoms with van der Waals surface area (Å²) < 4.78 is 5.74. The molecule has 0 fully saturated rings. The summed E-state index contributed by atoms with van der Waals surface area (Å²) in [6, 6.07) is 16.6. The zero-order chi connectivity index (χ0) is 16.1. The van der Waals surface area contributed by atoms with E-state index >= 15 is 0 Å². The molecule has 2 rings (SSSR count). The molecule has 0 saturated heterocycles. The van der Waals surface area contributed by atoms with Crippen molar-refractivity contribution >= 4 is 52.0 Å². The van der Waals surface area contributed by atoms with Gasteiger partial charge >= 0.3 is 0 Å². The average Bonchev–Trinajstić information content (AvgIpc) is 2.50. The Morgan fingerprint density at radius 2 is 1.55 bits per heavy atom. The van der Waals surface area contributed by atoms with E-state index in [-0.39, 0.29) is 5.17 Å². The number of anilines is 1. The maximum atomic E-state index is 5.94. The van der Waals surface area contributed by atoms with Crippen molar-refractivity contribution in [1.82, 2.24) is 4.90 Å². The molecule has 2 aromatic rings. The van der Waals surface area contributed by atoms with Crippen LogP contribution in [0.2, 0.25) is 5.02 Å². The molecular weight excluding hydrogens is 336 g/mol. The maximum absolute atomic E-state index is 5.94. The van der Waals surface area contributed by atoms with Crippen LogP contribution in [0.3, 0.4) is 0 Å². The molecule has 6 heteroatoms. The van der Waals surface area contributed by atoms with Crippen molar-refractivity contribution in [2.75, 3.05) is 19.0 Å². The summed E-state index contributed by atoms with van der Waals surface area (Å²) in [6.07, 6.45) is 0. The summed E-state index contributed by atoms with van der Waals surface area (Å²) in [4.78, 5) is 3.48. The highest BCUT2D eigenvalue weighted by molar-refractivity contribution is 7.82. The molecule has 0 unspecified atom stereocenters. The van der Waals surface area contributed by atoms with Crippen molar-refractivity contribution in [1.29, 1.82) is 0 Å². The molecule has 0 bridgehead atoms. The fourth-order valence-corrected chi connectivity index (χ4v) is 2.38. The zero-order valence-corrected chi connectivity index (χ0v) is 14.6. The fourth-order valence-electron chi connectivity index (χ4n) is 1.72. The number of benzene rings is 2. The lowest BCUT2D eigenvalue weighted by Gasteiger charge is -2.28. The number of hydrogen-bond donors (Lipinski definition) is 0. The Bertz CT molecular complexity index is 660. The van der Waals surface area contributed by atoms with Crippen LogP contribution in [0.4, 0.5) is 5.69 Å². The van der Waals surface area contributed by atoms with E-state index in [1.165, 1.54) is 0 Å². The molecule has 0 atom stereocenters. The number of halogens is 1. The van der Waals surface area contributed by atoms with Crippen molar-refractivity contribution < 1.29 is 4.74 Å². The topological polar surface area (TPSA) is 15.7 Å². The quantitative estimate of drug-likeness (QED) is 0.746. The molecule has 0 aromatic heterocycles. The molecule has 0 aliphatic carbocycles. The van der Waals surface area contributed by atoms with Crippen LogP contribution in [0.25, 0.3) is 0 Å². The van der Waals surface area contributed by atoms with E-state index in [2.05, 4.69) is 0 Å². The van der Waals surface area contributed by atoms with Crippen molar-refractivity contribution in [2.45, 2.75) is 0 Å². The monoisotopic (exact) mass is 350 g/mol. The Morgan fingerprint density at radius 1 is 0.955 bits per heavy atom. The van der Waals surface area contributed by atoms with Crippen LogP contribution < -0.4 is 9.64 Å². The van der Waals surface area contributed by atoms with Gasteiger partial charge in [0.25, 0.3) is 5.17 Å². The van der Waals surface area contributed by atoms with E-state index in [1.54, 1.807) is 21.9 Å². The molecule has 2 aromatic carbocycles. The number of thiocarbonyl (C=S) groups is 2. The second kappa shape index (κ2) is 7.54. The Labute approximate surface area is 146 Å². The molecule has 0 aliphatic heterocycles. The highest BCUT2D eigenvalue weighted by Gasteiger charge is 2.20. The van der Waals surface area contributed by atoms with E-state index in [0.717, 1.165) is 5.69 Å². The number of rotatable bonds is 2. The van der Waals surface area contributed by atoms with Gasteiger partial charge in [-0.1, -0.05) is 29.8 Å². The highest BCUT2D eigenvalue weighted by atomic mass is 35.5. The minimum absolute atomic E-state index is 0.257. The smallest absolute Gasteiger partial charge is 0.275 e. The van der Waals surface area contributed by atoms with Gasteiger partial charge in [-0.15, -0.1) is 0 Å². The van der Waals surface area contributed by atoms with Crippen LogP contribution >= 0.6 is 36.0 Å². The molecule has 0 heterocycles. The van der Waals surface area contributed by atoms with Gasteiger partial charge in [-0.2, -0.15) is 0 Å². The molecule has 0 aliphatic rings. The third kappa shape index (κ3) is 4.16. The molecule has 0 amide bonds. The van der Waals surface area contributed by atoms with Crippen molar-refractivity contribution in [3.63, 3.8) is 0 Å². The lowest BCUT2D eigenvalue weighted by atomic mass is 10.3. The lowest BCUT2D eigenvalue weighted by Crippen LogP contribution is -2.44. The van der Waals surface area contributed by atoms with Gasteiger partial charge in [0.15, 0.2) is 5.11 Å². The fraction of sp³-hybridized carbons (Fsp3) is 0.125. The second-order valence-corrected chi connectivity index (χ2v) is 5.82. The van der Waals surface area contributed by atoms with Crippen LogP contribution in [-0.2, 0) is 0 Å². The number of para-hydroxylation sites is 1. The third-order valence-corrected chi connectivity index (χ3v) is 3.86. The molecule has 3 nitrogen and oxygen atoms in total. The summed E-state index contributed by atoms with van der Waals surface area (Å²) in [5.41, 5.74) is 0.795. The Hall–Kier alpha value is -1.69. The molecule has 0 N–H and O–H groups in total. The van der Waals surface area contributed by atoms with Gasteiger partial charge in [0.05, 0.1) is 5.69 Å². The van der Waals surface area contributed by atoms with E-state index in [4.69, 9.17) is 40.8 Å². The van der Waals surface area contributed by atoms with Crippen LogP contribution in [-0.4, -0.2) is 29.3 Å². The number of ether oxygens (including phenoxy) is 1. The minimum Gasteiger partial charge on any atom is -0.431 e. The Morgan fingerprint density at radius 3 is 2.09 bits per heavy atom. The Kier molecular flexibility index (Phi) is 5.71. The van der Waals surface area contributed by atoms with Crippen LogP contribution in [0, 0.1) is 0 Å². The van der Waals surface area contributed by atoms with Gasteiger partial charge in [-0.25, -0.2) is 4.90 Å². The van der Waals surface area contributed by atoms with Gasteiger partial charge in [0.1, 0.15) is 5.75 Å². The molecular formula is C16H15ClN2OS2. The van der Waals surface area contributed by atoms with Gasteiger partial charge in [0, 0.05) is 19.1 Å². The van der Waals surface area contributed by atoms with E-state index in [9.17, 15) is 0 Å². The Balaban J connectivity index is 2.30. The van der Waals surface area contributed by atoms with Crippen LogP contribution in [0.1, 0.15) is 0 Å². The normalized spacial score (nSPS) is 9.95. The highest BCUT2D eigenvalue weighted by Crippen LogP contribution is 2.21. The van der Waals surface area contributed by atoms with Crippen molar-refractivity contribution in [2.24, 2.45) is 0 Å². The first kappa shape index (κ1) is 16.7. The lowest BCUT2D eigenvalue weighted by molar-refractivity contribution is 0.549. The number of hydrogen-bond acceptors (Lipinski definition) is 3. The molecule has 114 valence electrons. The predicted octanol–water partition coefficient (Wildman–Crippen LogP) is 4.36.